The lowest BCUT2D eigenvalue weighted by molar-refractivity contribution is -0.147. The van der Waals surface area contributed by atoms with Crippen molar-refractivity contribution in [2.24, 2.45) is 0 Å². The number of urea groups is 1. The van der Waals surface area contributed by atoms with Gasteiger partial charge in [0.2, 0.25) is 5.91 Å². The summed E-state index contributed by atoms with van der Waals surface area (Å²) >= 11 is 5.89. The van der Waals surface area contributed by atoms with E-state index in [2.05, 4.69) is 10.1 Å². The van der Waals surface area contributed by atoms with Gasteiger partial charge < -0.3 is 15.0 Å². The number of amides is 4. The fourth-order valence-electron chi connectivity index (χ4n) is 3.83. The molecule has 0 atom stereocenters. The van der Waals surface area contributed by atoms with Gasteiger partial charge in [0.15, 0.2) is 0 Å². The van der Waals surface area contributed by atoms with Gasteiger partial charge in [0.05, 0.1) is 7.11 Å². The number of nitrogens with zero attached hydrogens (tertiary/aromatic N) is 2. The van der Waals surface area contributed by atoms with Crippen LogP contribution in [0.15, 0.2) is 24.3 Å². The molecule has 1 aliphatic heterocycles. The van der Waals surface area contributed by atoms with Gasteiger partial charge in [-0.05, 0) is 30.5 Å². The number of methoxy groups -OCH3 is 1. The number of carbonyl (C=O) groups is 4. The van der Waals surface area contributed by atoms with Crippen molar-refractivity contribution in [3.05, 3.63) is 34.9 Å². The van der Waals surface area contributed by atoms with E-state index in [1.807, 2.05) is 0 Å². The Hall–Kier alpha value is -2.61. The van der Waals surface area contributed by atoms with Crippen LogP contribution in [0.3, 0.4) is 0 Å². The minimum Gasteiger partial charge on any atom is -0.468 e. The van der Waals surface area contributed by atoms with Gasteiger partial charge in [0, 0.05) is 24.5 Å². The van der Waals surface area contributed by atoms with Crippen molar-refractivity contribution < 1.29 is 23.9 Å². The van der Waals surface area contributed by atoms with Crippen molar-refractivity contribution in [1.82, 2.24) is 15.1 Å². The predicted octanol–water partition coefficient (Wildman–Crippen LogP) is 2.10. The van der Waals surface area contributed by atoms with Crippen LogP contribution in [0.2, 0.25) is 5.02 Å². The van der Waals surface area contributed by atoms with Gasteiger partial charge in [0.25, 0.3) is 5.91 Å². The highest BCUT2D eigenvalue weighted by Crippen LogP contribution is 2.35. The van der Waals surface area contributed by atoms with Crippen LogP contribution in [0, 0.1) is 0 Å². The lowest BCUT2D eigenvalue weighted by Crippen LogP contribution is -2.44. The maximum absolute atomic E-state index is 12.8. The van der Waals surface area contributed by atoms with Gasteiger partial charge in [0.1, 0.15) is 12.1 Å². The molecular weight excluding hydrogens is 398 g/mol. The van der Waals surface area contributed by atoms with E-state index < -0.39 is 17.5 Å². The molecule has 4 amide bonds. The van der Waals surface area contributed by atoms with Crippen molar-refractivity contribution in [3.63, 3.8) is 0 Å². The van der Waals surface area contributed by atoms with E-state index >= 15 is 0 Å². The SMILES string of the molecule is COC(=O)CN(Cc1ccc(Cl)cc1)C(=O)CCN1C(=O)NC2(CCCC2)C1=O. The Labute approximate surface area is 174 Å². The molecule has 0 aromatic heterocycles. The first-order valence-corrected chi connectivity index (χ1v) is 9.95. The van der Waals surface area contributed by atoms with Crippen LogP contribution in [0.25, 0.3) is 0 Å². The van der Waals surface area contributed by atoms with Gasteiger partial charge in [-0.2, -0.15) is 0 Å². The number of benzene rings is 1. The van der Waals surface area contributed by atoms with Crippen molar-refractivity contribution in [3.8, 4) is 0 Å². The zero-order chi connectivity index (χ0) is 21.0. The van der Waals surface area contributed by atoms with E-state index in [0.29, 0.717) is 17.9 Å². The number of hydrogen-bond donors (Lipinski definition) is 1. The predicted molar refractivity (Wildman–Crippen MR) is 105 cm³/mol. The molecule has 3 rings (SSSR count). The maximum Gasteiger partial charge on any atom is 0.325 e. The summed E-state index contributed by atoms with van der Waals surface area (Å²) in [5.41, 5.74) is 0.00125. The monoisotopic (exact) mass is 421 g/mol. The molecule has 29 heavy (non-hydrogen) atoms. The lowest BCUT2D eigenvalue weighted by Gasteiger charge is -2.23. The molecule has 0 radical (unpaired) electrons. The third kappa shape index (κ3) is 4.70. The fourth-order valence-corrected chi connectivity index (χ4v) is 3.95. The lowest BCUT2D eigenvalue weighted by atomic mass is 9.98. The number of ether oxygens (including phenoxy) is 1. The standard InChI is InChI=1S/C20H24ClN3O5/c1-29-17(26)13-23(12-14-4-6-15(21)7-5-14)16(25)8-11-24-18(27)20(22-19(24)28)9-2-3-10-20/h4-7H,2-3,8-13H2,1H3,(H,22,28). The third-order valence-electron chi connectivity index (χ3n) is 5.44. The molecule has 1 aliphatic carbocycles. The number of esters is 1. The highest BCUT2D eigenvalue weighted by atomic mass is 35.5. The van der Waals surface area contributed by atoms with Gasteiger partial charge in [-0.1, -0.05) is 36.6 Å². The van der Waals surface area contributed by atoms with Crippen molar-refractivity contribution >= 4 is 35.4 Å². The molecular formula is C20H24ClN3O5. The molecule has 1 aromatic carbocycles. The van der Waals surface area contributed by atoms with Crippen LogP contribution in [0.1, 0.15) is 37.7 Å². The summed E-state index contributed by atoms with van der Waals surface area (Å²) in [5.74, 6) is -1.16. The average molecular weight is 422 g/mol. The molecule has 1 saturated heterocycles. The second kappa shape index (κ2) is 8.82. The van der Waals surface area contributed by atoms with E-state index in [-0.39, 0.29) is 37.9 Å². The number of halogens is 1. The first-order valence-electron chi connectivity index (χ1n) is 9.58. The van der Waals surface area contributed by atoms with Crippen LogP contribution in [-0.2, 0) is 25.7 Å². The van der Waals surface area contributed by atoms with Gasteiger partial charge in [-0.3, -0.25) is 19.3 Å². The summed E-state index contributed by atoms with van der Waals surface area (Å²) in [5, 5.41) is 3.36. The maximum atomic E-state index is 12.8. The summed E-state index contributed by atoms with van der Waals surface area (Å²) in [6.45, 7) is -0.0548. The third-order valence-corrected chi connectivity index (χ3v) is 5.69. The molecule has 1 heterocycles. The molecule has 9 heteroatoms. The van der Waals surface area contributed by atoms with Crippen LogP contribution in [0.4, 0.5) is 4.79 Å². The Morgan fingerprint density at radius 2 is 1.86 bits per heavy atom. The molecule has 8 nitrogen and oxygen atoms in total. The molecule has 1 aromatic rings. The van der Waals surface area contributed by atoms with Gasteiger partial charge in [-0.15, -0.1) is 0 Å². The number of carbonyl (C=O) groups excluding carboxylic acids is 4. The summed E-state index contributed by atoms with van der Waals surface area (Å²) < 4.78 is 4.68. The number of nitrogens with one attached hydrogen (secondary N) is 1. The second-order valence-corrected chi connectivity index (χ2v) is 7.81. The summed E-state index contributed by atoms with van der Waals surface area (Å²) in [4.78, 5) is 51.9. The van der Waals surface area contributed by atoms with E-state index in [1.54, 1.807) is 24.3 Å². The molecule has 1 N–H and O–H groups in total. The van der Waals surface area contributed by atoms with E-state index in [1.165, 1.54) is 12.0 Å². The Balaban J connectivity index is 1.64. The van der Waals surface area contributed by atoms with Crippen LogP contribution in [-0.4, -0.2) is 59.4 Å². The van der Waals surface area contributed by atoms with Gasteiger partial charge in [-0.25, -0.2) is 4.79 Å². The van der Waals surface area contributed by atoms with Crippen molar-refractivity contribution in [2.75, 3.05) is 20.2 Å². The first kappa shape index (κ1) is 21.1. The van der Waals surface area contributed by atoms with E-state index in [0.717, 1.165) is 23.3 Å². The molecule has 0 unspecified atom stereocenters. The zero-order valence-corrected chi connectivity index (χ0v) is 17.0. The normalized spacial score (nSPS) is 17.5. The quantitative estimate of drug-likeness (QED) is 0.537. The topological polar surface area (TPSA) is 96.0 Å². The second-order valence-electron chi connectivity index (χ2n) is 7.38. The fraction of sp³-hybridized carbons (Fsp3) is 0.500. The van der Waals surface area contributed by atoms with Crippen molar-refractivity contribution in [2.45, 2.75) is 44.2 Å². The summed E-state index contributed by atoms with van der Waals surface area (Å²) in [7, 11) is 1.25. The molecule has 2 aliphatic rings. The van der Waals surface area contributed by atoms with Crippen molar-refractivity contribution in [1.29, 1.82) is 0 Å². The van der Waals surface area contributed by atoms with Crippen LogP contribution in [0.5, 0.6) is 0 Å². The molecule has 2 fully saturated rings. The number of rotatable bonds is 7. The molecule has 156 valence electrons. The van der Waals surface area contributed by atoms with Crippen LogP contribution >= 0.6 is 11.6 Å². The molecule has 0 bridgehead atoms. The largest absolute Gasteiger partial charge is 0.468 e. The Kier molecular flexibility index (Phi) is 6.42. The Bertz CT molecular complexity index is 805. The van der Waals surface area contributed by atoms with Crippen LogP contribution < -0.4 is 5.32 Å². The summed E-state index contributed by atoms with van der Waals surface area (Å²) in [6, 6.07) is 6.47. The highest BCUT2D eigenvalue weighted by molar-refractivity contribution is 6.30. The average Bonchev–Trinajstić information content (AvgIpc) is 3.26. The Morgan fingerprint density at radius 3 is 2.48 bits per heavy atom. The zero-order valence-electron chi connectivity index (χ0n) is 16.3. The van der Waals surface area contributed by atoms with Gasteiger partial charge >= 0.3 is 12.0 Å². The number of hydrogen-bond acceptors (Lipinski definition) is 5. The van der Waals surface area contributed by atoms with E-state index in [9.17, 15) is 19.2 Å². The van der Waals surface area contributed by atoms with E-state index in [4.69, 9.17) is 11.6 Å². The first-order chi connectivity index (χ1) is 13.8. The number of imide groups is 1. The molecule has 1 saturated carbocycles. The smallest absolute Gasteiger partial charge is 0.325 e. The minimum atomic E-state index is -0.796. The Morgan fingerprint density at radius 1 is 1.21 bits per heavy atom. The minimum absolute atomic E-state index is 0.0243. The highest BCUT2D eigenvalue weighted by Gasteiger charge is 2.52. The summed E-state index contributed by atoms with van der Waals surface area (Å²) in [6.07, 6.45) is 2.99. The molecule has 1 spiro atoms.